The molecule has 0 saturated carbocycles. The van der Waals surface area contributed by atoms with E-state index < -0.39 is 10.8 Å². The van der Waals surface area contributed by atoms with Crippen molar-refractivity contribution >= 4 is 88.5 Å². The molecule has 2 heterocycles. The summed E-state index contributed by atoms with van der Waals surface area (Å²) < 4.78 is 4.81. The van der Waals surface area contributed by atoms with Gasteiger partial charge in [-0.1, -0.05) is 388 Å². The second-order valence-electron chi connectivity index (χ2n) is 34.1. The van der Waals surface area contributed by atoms with Crippen molar-refractivity contribution in [3.05, 3.63) is 566 Å². The zero-order valence-electron chi connectivity index (χ0n) is 71.4. The molecule has 2 atom stereocenters. The average Bonchev–Trinajstić information content (AvgIpc) is 1.53. The maximum atomic E-state index is 2.48. The molecule has 0 saturated heterocycles. The fourth-order valence-electron chi connectivity index (χ4n) is 21.4. The third-order valence-electron chi connectivity index (χ3n) is 27.2. The van der Waals surface area contributed by atoms with Crippen molar-refractivity contribution in [1.82, 2.24) is 9.13 Å². The van der Waals surface area contributed by atoms with Crippen LogP contribution < -0.4 is 9.80 Å². The van der Waals surface area contributed by atoms with Gasteiger partial charge in [-0.15, -0.1) is 0 Å². The lowest BCUT2D eigenvalue weighted by atomic mass is 9.67. The lowest BCUT2D eigenvalue weighted by molar-refractivity contribution is 0.770. The van der Waals surface area contributed by atoms with Gasteiger partial charge in [-0.25, -0.2) is 0 Å². The van der Waals surface area contributed by atoms with Crippen molar-refractivity contribution in [1.29, 1.82) is 0 Å². The van der Waals surface area contributed by atoms with Crippen molar-refractivity contribution in [3.63, 3.8) is 0 Å². The number of rotatable bonds is 16. The summed E-state index contributed by atoms with van der Waals surface area (Å²) in [6, 6.07) is 192. The molecule has 25 rings (SSSR count). The largest absolute Gasteiger partial charge is 0.310 e. The number of nitrogens with zero attached hydrogens (tertiary/aromatic N) is 4. The summed E-state index contributed by atoms with van der Waals surface area (Å²) in [4.78, 5) is 4.84. The topological polar surface area (TPSA) is 16.3 Å². The van der Waals surface area contributed by atoms with E-state index in [4.69, 9.17) is 0 Å². The third-order valence-corrected chi connectivity index (χ3v) is 27.2. The van der Waals surface area contributed by atoms with Crippen LogP contribution in [0.3, 0.4) is 0 Å². The minimum atomic E-state index is -0.617. The van der Waals surface area contributed by atoms with Gasteiger partial charge in [0.15, 0.2) is 0 Å². The van der Waals surface area contributed by atoms with Crippen molar-refractivity contribution in [2.24, 2.45) is 0 Å². The Morgan fingerprint density at radius 3 is 0.838 bits per heavy atom. The van der Waals surface area contributed by atoms with E-state index in [0.29, 0.717) is 0 Å². The van der Waals surface area contributed by atoms with Crippen LogP contribution in [0.5, 0.6) is 0 Å². The maximum absolute atomic E-state index is 2.48. The number of aromatic nitrogens is 2. The zero-order valence-corrected chi connectivity index (χ0v) is 71.4. The van der Waals surface area contributed by atoms with Crippen molar-refractivity contribution in [2.45, 2.75) is 10.8 Å². The summed E-state index contributed by atoms with van der Waals surface area (Å²) in [5, 5.41) is 7.45. The number of hydrogen-bond donors (Lipinski definition) is 0. The summed E-state index contributed by atoms with van der Waals surface area (Å²) in [6.07, 6.45) is 0. The fourth-order valence-corrected chi connectivity index (χ4v) is 21.4. The van der Waals surface area contributed by atoms with Gasteiger partial charge in [-0.3, -0.25) is 0 Å². The molecule has 4 nitrogen and oxygen atoms in total. The fraction of sp³-hybridized carbons (Fsp3) is 0.0159. The molecule has 610 valence electrons. The van der Waals surface area contributed by atoms with Crippen molar-refractivity contribution in [2.75, 3.05) is 9.80 Å². The molecule has 2 unspecified atom stereocenters. The minimum Gasteiger partial charge on any atom is -0.310 e. The van der Waals surface area contributed by atoms with E-state index >= 15 is 0 Å². The standard InChI is InChI=1S/C65H44N2.C61H42N2/c1-4-17-45(18-5-1)46-31-36-52(37-32-46)66(53-38-33-48(34-39-53)56-28-16-20-47-19-10-11-25-55(47)56)54-40-41-58-57-26-12-14-29-61(57)65(62(58)44-54,49-21-6-2-7-22-49)50-35-42-64-60(43-50)59-27-13-15-30-63(59)67(64)51-23-8-3-9-24-51;1-5-17-43(18-6-1)45-29-34-50(35-30-45)62(51-36-31-46(32-37-51)44-19-7-2-8-20-44)52-38-39-54-53-25-13-15-27-57(53)61(58(54)42-52,47-21-9-3-10-22-47)48-33-40-60-56(41-48)55-26-14-16-28-59(55)63(60)49-23-11-4-12-24-49/h1-44H;1-42H. The van der Waals surface area contributed by atoms with E-state index in [1.54, 1.807) is 0 Å². The van der Waals surface area contributed by atoms with E-state index in [2.05, 4.69) is 541 Å². The molecule has 0 aliphatic heterocycles. The number of benzene rings is 21. The first-order valence-corrected chi connectivity index (χ1v) is 44.9. The summed E-state index contributed by atoms with van der Waals surface area (Å²) in [6.45, 7) is 0. The summed E-state index contributed by atoms with van der Waals surface area (Å²) in [5.41, 5.74) is 37.1. The van der Waals surface area contributed by atoms with Crippen LogP contribution in [0.1, 0.15) is 44.5 Å². The third kappa shape index (κ3) is 12.8. The van der Waals surface area contributed by atoms with Crippen LogP contribution >= 0.6 is 0 Å². The lowest BCUT2D eigenvalue weighted by Crippen LogP contribution is -2.28. The Labute approximate surface area is 757 Å². The number of fused-ring (bicyclic) bond motifs is 13. The first kappa shape index (κ1) is 76.7. The highest BCUT2D eigenvalue weighted by molar-refractivity contribution is 6.12. The number of para-hydroxylation sites is 4. The second kappa shape index (κ2) is 32.2. The Hall–Kier alpha value is -16.9. The highest BCUT2D eigenvalue weighted by Gasteiger charge is 2.49. The Morgan fingerprint density at radius 1 is 0.154 bits per heavy atom. The lowest BCUT2D eigenvalue weighted by Gasteiger charge is -2.35. The Morgan fingerprint density at radius 2 is 0.438 bits per heavy atom. The van der Waals surface area contributed by atoms with Crippen molar-refractivity contribution in [3.8, 4) is 78.1 Å². The summed E-state index contributed by atoms with van der Waals surface area (Å²) >= 11 is 0. The SMILES string of the molecule is c1ccc(-c2ccc(N(c3ccc(-c4cccc5ccccc45)cc3)c3ccc4c(c3)C(c3ccccc3)(c3ccc5c(c3)c3ccccc3n5-c3ccccc3)c3ccccc3-4)cc2)cc1.c1ccc(-c2ccc(N(c3ccc(-c4ccccc4)cc3)c3ccc4c(c3)C(c3ccccc3)(c3ccc5c(c3)c3ccccc3n5-c3ccccc3)c3ccccc3-4)cc2)cc1. The molecule has 2 aliphatic carbocycles. The molecule has 0 spiro atoms. The van der Waals surface area contributed by atoms with Crippen molar-refractivity contribution < 1.29 is 0 Å². The monoisotopic (exact) mass is 1650 g/mol. The highest BCUT2D eigenvalue weighted by Crippen LogP contribution is 2.61. The van der Waals surface area contributed by atoms with E-state index in [1.807, 2.05) is 0 Å². The predicted molar refractivity (Wildman–Crippen MR) is 545 cm³/mol. The maximum Gasteiger partial charge on any atom is 0.0714 e. The minimum absolute atomic E-state index is 0.604. The van der Waals surface area contributed by atoms with Crippen LogP contribution in [0.2, 0.25) is 0 Å². The van der Waals surface area contributed by atoms with E-state index in [0.717, 1.165) is 45.5 Å². The van der Waals surface area contributed by atoms with Gasteiger partial charge in [-0.05, 0) is 256 Å². The Bertz CT molecular complexity index is 8070. The Balaban J connectivity index is 0.000000144. The smallest absolute Gasteiger partial charge is 0.0714 e. The molecule has 0 bridgehead atoms. The van der Waals surface area contributed by atoms with Crippen LogP contribution in [-0.4, -0.2) is 9.13 Å². The number of hydrogen-bond acceptors (Lipinski definition) is 2. The molecule has 4 heteroatoms. The van der Waals surface area contributed by atoms with Gasteiger partial charge in [-0.2, -0.15) is 0 Å². The van der Waals surface area contributed by atoms with Crippen LogP contribution in [0.15, 0.2) is 522 Å². The average molecular weight is 1660 g/mol. The molecule has 2 aromatic heterocycles. The van der Waals surface area contributed by atoms with Gasteiger partial charge >= 0.3 is 0 Å². The van der Waals surface area contributed by atoms with E-state index in [-0.39, 0.29) is 0 Å². The molecule has 0 radical (unpaired) electrons. The van der Waals surface area contributed by atoms with Gasteiger partial charge in [0.05, 0.1) is 32.9 Å². The highest BCUT2D eigenvalue weighted by atomic mass is 15.1. The predicted octanol–water partition coefficient (Wildman–Crippen LogP) is 33.1. The van der Waals surface area contributed by atoms with Gasteiger partial charge in [0.25, 0.3) is 0 Å². The van der Waals surface area contributed by atoms with Gasteiger partial charge in [0, 0.05) is 67.0 Å². The van der Waals surface area contributed by atoms with Crippen LogP contribution in [0, 0.1) is 0 Å². The van der Waals surface area contributed by atoms with Crippen LogP contribution in [0.25, 0.3) is 133 Å². The molecular formula is C126H86N4. The van der Waals surface area contributed by atoms with E-state index in [1.165, 1.54) is 166 Å². The molecule has 0 amide bonds. The van der Waals surface area contributed by atoms with Gasteiger partial charge in [0.1, 0.15) is 0 Å². The molecule has 21 aromatic carbocycles. The quantitative estimate of drug-likeness (QED) is 0.0959. The van der Waals surface area contributed by atoms with Gasteiger partial charge in [0.2, 0.25) is 0 Å². The van der Waals surface area contributed by atoms with Crippen LogP contribution in [-0.2, 0) is 10.8 Å². The molecule has 0 N–H and O–H groups in total. The zero-order chi connectivity index (χ0) is 86.1. The summed E-state index contributed by atoms with van der Waals surface area (Å²) in [5.74, 6) is 0. The summed E-state index contributed by atoms with van der Waals surface area (Å²) in [7, 11) is 0. The molecule has 23 aromatic rings. The first-order valence-electron chi connectivity index (χ1n) is 44.9. The molecule has 2 aliphatic rings. The Kier molecular flexibility index (Phi) is 19.0. The molecule has 130 heavy (non-hydrogen) atoms. The number of anilines is 6. The normalized spacial score (nSPS) is 14.1. The molecular weight excluding hydrogens is 1570 g/mol. The van der Waals surface area contributed by atoms with Gasteiger partial charge < -0.3 is 18.9 Å². The second-order valence-corrected chi connectivity index (χ2v) is 34.1. The van der Waals surface area contributed by atoms with Crippen LogP contribution in [0.4, 0.5) is 34.1 Å². The first-order chi connectivity index (χ1) is 64.5. The van der Waals surface area contributed by atoms with E-state index in [9.17, 15) is 0 Å². The molecule has 0 fully saturated rings.